The molecule has 5 nitrogen and oxygen atoms in total. The fourth-order valence-corrected chi connectivity index (χ4v) is 4.82. The number of carbonyl (C=O) groups is 1. The SMILES string of the molecule is CC(C)c1ccc(N(CCCC(=O)O)S(=O)(=O)c2cc(Cl)ccc2Cl)cc1. The molecule has 0 aliphatic heterocycles. The molecule has 2 aromatic rings. The second-order valence-corrected chi connectivity index (χ2v) is 9.07. The Bertz CT molecular complexity index is 912. The highest BCUT2D eigenvalue weighted by molar-refractivity contribution is 7.93. The third-order valence-corrected chi connectivity index (χ3v) is 6.60. The van der Waals surface area contributed by atoms with Crippen LogP contribution in [-0.4, -0.2) is 26.0 Å². The number of hydrogen-bond acceptors (Lipinski definition) is 3. The van der Waals surface area contributed by atoms with Gasteiger partial charge in [0.2, 0.25) is 0 Å². The summed E-state index contributed by atoms with van der Waals surface area (Å²) in [6.07, 6.45) is 0.0258. The van der Waals surface area contributed by atoms with Crippen molar-refractivity contribution in [1.29, 1.82) is 0 Å². The molecule has 0 unspecified atom stereocenters. The van der Waals surface area contributed by atoms with Gasteiger partial charge >= 0.3 is 5.97 Å². The van der Waals surface area contributed by atoms with Crippen molar-refractivity contribution in [2.24, 2.45) is 0 Å². The fourth-order valence-electron chi connectivity index (χ4n) is 2.58. The van der Waals surface area contributed by atoms with E-state index in [0.717, 1.165) is 5.56 Å². The van der Waals surface area contributed by atoms with Gasteiger partial charge < -0.3 is 5.11 Å². The zero-order valence-electron chi connectivity index (χ0n) is 15.0. The lowest BCUT2D eigenvalue weighted by molar-refractivity contribution is -0.137. The summed E-state index contributed by atoms with van der Waals surface area (Å²) < 4.78 is 27.6. The number of sulfonamides is 1. The van der Waals surface area contributed by atoms with Gasteiger partial charge in [0.15, 0.2) is 0 Å². The molecular weight excluding hydrogens is 409 g/mol. The highest BCUT2D eigenvalue weighted by atomic mass is 35.5. The lowest BCUT2D eigenvalue weighted by Gasteiger charge is -2.25. The highest BCUT2D eigenvalue weighted by Gasteiger charge is 2.27. The van der Waals surface area contributed by atoms with Crippen molar-refractivity contribution in [2.45, 2.75) is 37.5 Å². The first-order valence-electron chi connectivity index (χ1n) is 8.42. The van der Waals surface area contributed by atoms with Gasteiger partial charge in [-0.05, 0) is 48.2 Å². The Kier molecular flexibility index (Phi) is 7.14. The number of halogens is 2. The van der Waals surface area contributed by atoms with Gasteiger partial charge in [-0.1, -0.05) is 49.2 Å². The van der Waals surface area contributed by atoms with E-state index in [1.807, 2.05) is 26.0 Å². The van der Waals surface area contributed by atoms with E-state index in [0.29, 0.717) is 11.6 Å². The van der Waals surface area contributed by atoms with E-state index in [-0.39, 0.29) is 34.3 Å². The van der Waals surface area contributed by atoms with Crippen molar-refractivity contribution < 1.29 is 18.3 Å². The fraction of sp³-hybridized carbons (Fsp3) is 0.316. The Balaban J connectivity index is 2.47. The van der Waals surface area contributed by atoms with Crippen LogP contribution in [0.25, 0.3) is 0 Å². The molecule has 0 heterocycles. The Labute approximate surface area is 169 Å². The van der Waals surface area contributed by atoms with Crippen LogP contribution in [0.4, 0.5) is 5.69 Å². The molecule has 0 radical (unpaired) electrons. The standard InChI is InChI=1S/C19H21Cl2NO4S/c1-13(2)14-5-8-16(9-6-14)22(11-3-4-19(23)24)27(25,26)18-12-15(20)7-10-17(18)21/h5-10,12-13H,3-4,11H2,1-2H3,(H,23,24). The Morgan fingerprint density at radius 1 is 1.11 bits per heavy atom. The van der Waals surface area contributed by atoms with Crippen LogP contribution in [0, 0.1) is 0 Å². The van der Waals surface area contributed by atoms with Crippen LogP contribution in [0.5, 0.6) is 0 Å². The number of carboxylic acids is 1. The quantitative estimate of drug-likeness (QED) is 0.627. The first-order chi connectivity index (χ1) is 12.6. The lowest BCUT2D eigenvalue weighted by atomic mass is 10.0. The normalized spacial score (nSPS) is 11.6. The molecule has 0 spiro atoms. The van der Waals surface area contributed by atoms with Crippen LogP contribution >= 0.6 is 23.2 Å². The summed E-state index contributed by atoms with van der Waals surface area (Å²) in [6, 6.07) is 11.4. The summed E-state index contributed by atoms with van der Waals surface area (Å²) in [5.74, 6) is -0.679. The summed E-state index contributed by atoms with van der Waals surface area (Å²) in [5.41, 5.74) is 1.52. The summed E-state index contributed by atoms with van der Waals surface area (Å²) >= 11 is 12.1. The molecule has 27 heavy (non-hydrogen) atoms. The van der Waals surface area contributed by atoms with Gasteiger partial charge in [0, 0.05) is 18.0 Å². The zero-order valence-corrected chi connectivity index (χ0v) is 17.4. The summed E-state index contributed by atoms with van der Waals surface area (Å²) in [7, 11) is -4.01. The molecular formula is C19H21Cl2NO4S. The minimum Gasteiger partial charge on any atom is -0.481 e. The van der Waals surface area contributed by atoms with Crippen molar-refractivity contribution >= 4 is 44.9 Å². The highest BCUT2D eigenvalue weighted by Crippen LogP contribution is 2.31. The van der Waals surface area contributed by atoms with Crippen molar-refractivity contribution in [3.63, 3.8) is 0 Å². The summed E-state index contributed by atoms with van der Waals surface area (Å²) in [5, 5.41) is 9.19. The summed E-state index contributed by atoms with van der Waals surface area (Å²) in [4.78, 5) is 10.7. The number of benzene rings is 2. The van der Waals surface area contributed by atoms with E-state index >= 15 is 0 Å². The largest absolute Gasteiger partial charge is 0.481 e. The molecule has 2 aromatic carbocycles. The Morgan fingerprint density at radius 2 is 1.74 bits per heavy atom. The van der Waals surface area contributed by atoms with Crippen LogP contribution in [0.1, 0.15) is 38.2 Å². The van der Waals surface area contributed by atoms with Crippen molar-refractivity contribution in [1.82, 2.24) is 0 Å². The molecule has 146 valence electrons. The predicted molar refractivity (Wildman–Crippen MR) is 108 cm³/mol. The number of anilines is 1. The van der Waals surface area contributed by atoms with Crippen LogP contribution in [-0.2, 0) is 14.8 Å². The first-order valence-corrected chi connectivity index (χ1v) is 10.6. The zero-order chi connectivity index (χ0) is 20.2. The van der Waals surface area contributed by atoms with E-state index < -0.39 is 16.0 Å². The second-order valence-electron chi connectivity index (χ2n) is 6.40. The summed E-state index contributed by atoms with van der Waals surface area (Å²) in [6.45, 7) is 4.10. The van der Waals surface area contributed by atoms with Gasteiger partial charge in [0.05, 0.1) is 10.7 Å². The van der Waals surface area contributed by atoms with Gasteiger partial charge in [0.1, 0.15) is 4.90 Å². The molecule has 0 aromatic heterocycles. The molecule has 8 heteroatoms. The molecule has 0 aliphatic rings. The number of aliphatic carboxylic acids is 1. The van der Waals surface area contributed by atoms with Crippen molar-refractivity contribution in [3.8, 4) is 0 Å². The molecule has 2 rings (SSSR count). The topological polar surface area (TPSA) is 74.7 Å². The predicted octanol–water partition coefficient (Wildman–Crippen LogP) is 5.18. The molecule has 0 aliphatic carbocycles. The molecule has 0 saturated heterocycles. The molecule has 0 fully saturated rings. The maximum Gasteiger partial charge on any atom is 0.303 e. The third kappa shape index (κ3) is 5.37. The van der Waals surface area contributed by atoms with E-state index in [1.165, 1.54) is 22.5 Å². The molecule has 0 saturated carbocycles. The Hall–Kier alpha value is -1.76. The average molecular weight is 430 g/mol. The third-order valence-electron chi connectivity index (χ3n) is 4.06. The lowest BCUT2D eigenvalue weighted by Crippen LogP contribution is -2.32. The number of nitrogens with zero attached hydrogens (tertiary/aromatic N) is 1. The Morgan fingerprint density at radius 3 is 2.30 bits per heavy atom. The maximum atomic E-state index is 13.2. The average Bonchev–Trinajstić information content (AvgIpc) is 2.60. The molecule has 0 bridgehead atoms. The van der Waals surface area contributed by atoms with Gasteiger partial charge in [0.25, 0.3) is 10.0 Å². The van der Waals surface area contributed by atoms with Gasteiger partial charge in [-0.3, -0.25) is 9.10 Å². The minimum atomic E-state index is -4.01. The van der Waals surface area contributed by atoms with Crippen LogP contribution in [0.3, 0.4) is 0 Å². The molecule has 0 atom stereocenters. The first kappa shape index (κ1) is 21.5. The van der Waals surface area contributed by atoms with Crippen molar-refractivity contribution in [3.05, 3.63) is 58.1 Å². The molecule has 1 N–H and O–H groups in total. The maximum absolute atomic E-state index is 13.2. The van der Waals surface area contributed by atoms with Crippen LogP contribution < -0.4 is 4.31 Å². The second kappa shape index (κ2) is 8.95. The van der Waals surface area contributed by atoms with Crippen LogP contribution in [0.15, 0.2) is 47.4 Å². The van der Waals surface area contributed by atoms with E-state index in [2.05, 4.69) is 0 Å². The van der Waals surface area contributed by atoms with Crippen LogP contribution in [0.2, 0.25) is 10.0 Å². The van der Waals surface area contributed by atoms with Gasteiger partial charge in [-0.2, -0.15) is 0 Å². The number of carboxylic acid groups (broad SMARTS) is 1. The monoisotopic (exact) mass is 429 g/mol. The smallest absolute Gasteiger partial charge is 0.303 e. The van der Waals surface area contributed by atoms with E-state index in [9.17, 15) is 13.2 Å². The van der Waals surface area contributed by atoms with E-state index in [4.69, 9.17) is 28.3 Å². The molecule has 0 amide bonds. The van der Waals surface area contributed by atoms with Gasteiger partial charge in [-0.25, -0.2) is 8.42 Å². The van der Waals surface area contributed by atoms with Crippen molar-refractivity contribution in [2.75, 3.05) is 10.8 Å². The van der Waals surface area contributed by atoms with E-state index in [1.54, 1.807) is 12.1 Å². The number of hydrogen-bond donors (Lipinski definition) is 1. The van der Waals surface area contributed by atoms with Gasteiger partial charge in [-0.15, -0.1) is 0 Å². The number of rotatable bonds is 8. The minimum absolute atomic E-state index is 0.0124.